The molecule has 0 atom stereocenters. The highest BCUT2D eigenvalue weighted by Gasteiger charge is 2.30. The van der Waals surface area contributed by atoms with Gasteiger partial charge in [-0.3, -0.25) is 9.78 Å². The van der Waals surface area contributed by atoms with Crippen LogP contribution in [0.2, 0.25) is 0 Å². The van der Waals surface area contributed by atoms with Gasteiger partial charge in [0.25, 0.3) is 5.91 Å². The molecule has 6 nitrogen and oxygen atoms in total. The fourth-order valence-corrected chi connectivity index (χ4v) is 2.49. The molecule has 1 aromatic heterocycles. The minimum atomic E-state index is -0.559. The zero-order valence-electron chi connectivity index (χ0n) is 14.9. The maximum absolute atomic E-state index is 12.5. The van der Waals surface area contributed by atoms with Crippen molar-refractivity contribution < 1.29 is 14.3 Å². The van der Waals surface area contributed by atoms with Crippen LogP contribution in [-0.4, -0.2) is 34.7 Å². The third kappa shape index (κ3) is 6.47. The van der Waals surface area contributed by atoms with Crippen molar-refractivity contribution in [3.05, 3.63) is 28.5 Å². The molecule has 0 saturated carbocycles. The van der Waals surface area contributed by atoms with E-state index in [1.807, 2.05) is 34.6 Å². The molecular weight excluding hydrogens is 374 g/mol. The van der Waals surface area contributed by atoms with E-state index in [0.29, 0.717) is 24.9 Å². The van der Waals surface area contributed by atoms with Crippen molar-refractivity contribution in [3.63, 3.8) is 0 Å². The van der Waals surface area contributed by atoms with Gasteiger partial charge in [-0.1, -0.05) is 13.8 Å². The standard InChI is InChI=1S/C17H26BrN3O3/c1-6-17(7-2,11-20-15(23)24-16(3,4)5)21-14(22)12-8-13(18)10-19-9-12/h8-10H,6-7,11H2,1-5H3,(H,20,23)(H,21,22). The Morgan fingerprint density at radius 3 is 2.33 bits per heavy atom. The highest BCUT2D eigenvalue weighted by atomic mass is 79.9. The number of carbonyl (C=O) groups excluding carboxylic acids is 2. The van der Waals surface area contributed by atoms with Crippen LogP contribution in [0.25, 0.3) is 0 Å². The number of rotatable bonds is 6. The van der Waals surface area contributed by atoms with E-state index in [9.17, 15) is 9.59 Å². The van der Waals surface area contributed by atoms with E-state index in [1.165, 1.54) is 6.20 Å². The SMILES string of the molecule is CCC(CC)(CNC(=O)OC(C)(C)C)NC(=O)c1cncc(Br)c1. The Labute approximate surface area is 151 Å². The van der Waals surface area contributed by atoms with Gasteiger partial charge in [-0.2, -0.15) is 0 Å². The number of alkyl carbamates (subject to hydrolysis) is 1. The number of aromatic nitrogens is 1. The molecule has 0 unspecified atom stereocenters. The quantitative estimate of drug-likeness (QED) is 0.764. The van der Waals surface area contributed by atoms with Crippen LogP contribution < -0.4 is 10.6 Å². The van der Waals surface area contributed by atoms with Crippen LogP contribution in [0.1, 0.15) is 57.8 Å². The van der Waals surface area contributed by atoms with E-state index in [-0.39, 0.29) is 5.91 Å². The van der Waals surface area contributed by atoms with E-state index in [2.05, 4.69) is 31.5 Å². The van der Waals surface area contributed by atoms with E-state index < -0.39 is 17.2 Å². The maximum atomic E-state index is 12.5. The van der Waals surface area contributed by atoms with Crippen molar-refractivity contribution in [1.29, 1.82) is 0 Å². The lowest BCUT2D eigenvalue weighted by molar-refractivity contribution is 0.0502. The second-order valence-electron chi connectivity index (χ2n) is 6.69. The minimum absolute atomic E-state index is 0.224. The van der Waals surface area contributed by atoms with Crippen molar-refractivity contribution in [2.75, 3.05) is 6.54 Å². The van der Waals surface area contributed by atoms with Gasteiger partial charge in [0, 0.05) is 23.4 Å². The van der Waals surface area contributed by atoms with Gasteiger partial charge >= 0.3 is 6.09 Å². The summed E-state index contributed by atoms with van der Waals surface area (Å²) in [6.45, 7) is 9.66. The molecule has 0 radical (unpaired) electrons. The van der Waals surface area contributed by atoms with Crippen molar-refractivity contribution in [2.45, 2.75) is 58.6 Å². The van der Waals surface area contributed by atoms with Crippen molar-refractivity contribution in [2.24, 2.45) is 0 Å². The lowest BCUT2D eigenvalue weighted by atomic mass is 9.92. The van der Waals surface area contributed by atoms with Crippen molar-refractivity contribution >= 4 is 27.9 Å². The molecule has 1 aromatic rings. The summed E-state index contributed by atoms with van der Waals surface area (Å²) in [4.78, 5) is 28.4. The molecule has 0 fully saturated rings. The minimum Gasteiger partial charge on any atom is -0.444 e. The van der Waals surface area contributed by atoms with Gasteiger partial charge in [0.05, 0.1) is 11.1 Å². The van der Waals surface area contributed by atoms with Crippen LogP contribution in [0.15, 0.2) is 22.9 Å². The number of pyridine rings is 1. The molecule has 0 bridgehead atoms. The first-order valence-corrected chi connectivity index (χ1v) is 8.80. The van der Waals surface area contributed by atoms with Crippen LogP contribution in [0.3, 0.4) is 0 Å². The Hall–Kier alpha value is -1.63. The van der Waals surface area contributed by atoms with Crippen LogP contribution in [0.4, 0.5) is 4.79 Å². The molecule has 0 aliphatic heterocycles. The molecule has 7 heteroatoms. The van der Waals surface area contributed by atoms with E-state index in [1.54, 1.807) is 12.3 Å². The fraction of sp³-hybridized carbons (Fsp3) is 0.588. The average molecular weight is 400 g/mol. The molecule has 0 aliphatic carbocycles. The summed E-state index contributed by atoms with van der Waals surface area (Å²) in [5.41, 5.74) is -0.639. The van der Waals surface area contributed by atoms with Gasteiger partial charge < -0.3 is 15.4 Å². The highest BCUT2D eigenvalue weighted by molar-refractivity contribution is 9.10. The van der Waals surface area contributed by atoms with Gasteiger partial charge in [0.1, 0.15) is 5.60 Å². The molecule has 0 saturated heterocycles. The van der Waals surface area contributed by atoms with E-state index >= 15 is 0 Å². The van der Waals surface area contributed by atoms with Crippen LogP contribution in [0, 0.1) is 0 Å². The fourth-order valence-electron chi connectivity index (χ4n) is 2.13. The summed E-state index contributed by atoms with van der Waals surface area (Å²) in [5.74, 6) is -0.224. The molecule has 0 spiro atoms. The Morgan fingerprint density at radius 1 is 1.21 bits per heavy atom. The number of amides is 2. The molecule has 134 valence electrons. The highest BCUT2D eigenvalue weighted by Crippen LogP contribution is 2.17. The van der Waals surface area contributed by atoms with Crippen LogP contribution in [0.5, 0.6) is 0 Å². The third-order valence-electron chi connectivity index (χ3n) is 3.67. The molecule has 2 amide bonds. The second-order valence-corrected chi connectivity index (χ2v) is 7.60. The summed E-state index contributed by atoms with van der Waals surface area (Å²) in [6, 6.07) is 1.71. The van der Waals surface area contributed by atoms with E-state index in [4.69, 9.17) is 4.74 Å². The number of nitrogens with one attached hydrogen (secondary N) is 2. The lowest BCUT2D eigenvalue weighted by Crippen LogP contribution is -2.55. The van der Waals surface area contributed by atoms with Gasteiger partial charge in [-0.25, -0.2) is 4.79 Å². The number of carbonyl (C=O) groups is 2. The number of halogens is 1. The molecule has 24 heavy (non-hydrogen) atoms. The summed E-state index contributed by atoms with van der Waals surface area (Å²) in [5, 5.41) is 5.77. The Kier molecular flexibility index (Phi) is 7.20. The monoisotopic (exact) mass is 399 g/mol. The summed E-state index contributed by atoms with van der Waals surface area (Å²) < 4.78 is 5.99. The molecule has 1 rings (SSSR count). The van der Waals surface area contributed by atoms with Crippen LogP contribution in [-0.2, 0) is 4.74 Å². The Bertz CT molecular complexity index is 581. The zero-order chi connectivity index (χ0) is 18.4. The summed E-state index contributed by atoms with van der Waals surface area (Å²) >= 11 is 3.31. The Morgan fingerprint density at radius 2 is 1.83 bits per heavy atom. The maximum Gasteiger partial charge on any atom is 0.407 e. The van der Waals surface area contributed by atoms with Gasteiger partial charge in [0.15, 0.2) is 0 Å². The summed E-state index contributed by atoms with van der Waals surface area (Å²) in [6.07, 6.45) is 3.98. The molecule has 0 aliphatic rings. The first kappa shape index (κ1) is 20.4. The number of nitrogens with zero attached hydrogens (tertiary/aromatic N) is 1. The van der Waals surface area contributed by atoms with Gasteiger partial charge in [-0.05, 0) is 55.6 Å². The predicted molar refractivity (Wildman–Crippen MR) is 97.0 cm³/mol. The predicted octanol–water partition coefficient (Wildman–Crippen LogP) is 3.66. The lowest BCUT2D eigenvalue weighted by Gasteiger charge is -2.33. The van der Waals surface area contributed by atoms with Gasteiger partial charge in [0.2, 0.25) is 0 Å². The van der Waals surface area contributed by atoms with Crippen molar-refractivity contribution in [1.82, 2.24) is 15.6 Å². The number of hydrogen-bond donors (Lipinski definition) is 2. The smallest absolute Gasteiger partial charge is 0.407 e. The first-order chi connectivity index (χ1) is 11.1. The molecule has 2 N–H and O–H groups in total. The summed E-state index contributed by atoms with van der Waals surface area (Å²) in [7, 11) is 0. The van der Waals surface area contributed by atoms with Crippen LogP contribution >= 0.6 is 15.9 Å². The third-order valence-corrected chi connectivity index (χ3v) is 4.10. The molecular formula is C17H26BrN3O3. The Balaban J connectivity index is 2.77. The van der Waals surface area contributed by atoms with Crippen molar-refractivity contribution in [3.8, 4) is 0 Å². The topological polar surface area (TPSA) is 80.3 Å². The molecule has 1 heterocycles. The number of ether oxygens (including phenoxy) is 1. The average Bonchev–Trinajstić information content (AvgIpc) is 2.49. The molecule has 0 aromatic carbocycles. The second kappa shape index (κ2) is 8.46. The normalized spacial score (nSPS) is 11.8. The zero-order valence-corrected chi connectivity index (χ0v) is 16.5. The van der Waals surface area contributed by atoms with E-state index in [0.717, 1.165) is 4.47 Å². The number of hydrogen-bond acceptors (Lipinski definition) is 4. The van der Waals surface area contributed by atoms with Gasteiger partial charge in [-0.15, -0.1) is 0 Å². The first-order valence-electron chi connectivity index (χ1n) is 8.01. The largest absolute Gasteiger partial charge is 0.444 e.